The van der Waals surface area contributed by atoms with E-state index in [4.69, 9.17) is 0 Å². The van der Waals surface area contributed by atoms with Gasteiger partial charge in [-0.1, -0.05) is 13.8 Å². The molecule has 0 spiro atoms. The molecular formula is C16H30N4O. The third kappa shape index (κ3) is 6.29. The van der Waals surface area contributed by atoms with Crippen LogP contribution in [0.5, 0.6) is 0 Å². The van der Waals surface area contributed by atoms with Crippen molar-refractivity contribution in [2.75, 3.05) is 31.1 Å². The Morgan fingerprint density at radius 1 is 1.29 bits per heavy atom. The van der Waals surface area contributed by atoms with Crippen molar-refractivity contribution in [3.63, 3.8) is 0 Å². The van der Waals surface area contributed by atoms with Gasteiger partial charge in [-0.3, -0.25) is 4.79 Å². The lowest BCUT2D eigenvalue weighted by atomic mass is 10.1. The van der Waals surface area contributed by atoms with Crippen LogP contribution in [0.3, 0.4) is 0 Å². The summed E-state index contributed by atoms with van der Waals surface area (Å²) in [6.45, 7) is 12.8. The molecule has 0 unspecified atom stereocenters. The second kappa shape index (κ2) is 9.55. The molecule has 1 aromatic rings. The summed E-state index contributed by atoms with van der Waals surface area (Å²) in [6, 6.07) is 1.68. The van der Waals surface area contributed by atoms with E-state index in [1.54, 1.807) is 12.3 Å². The molecule has 1 N–H and O–H groups in total. The van der Waals surface area contributed by atoms with Crippen LogP contribution in [0.4, 0.5) is 5.69 Å². The van der Waals surface area contributed by atoms with Crippen LogP contribution in [0.25, 0.3) is 0 Å². The van der Waals surface area contributed by atoms with E-state index in [-0.39, 0.29) is 5.56 Å². The predicted molar refractivity (Wildman–Crippen MR) is 89.0 cm³/mol. The van der Waals surface area contributed by atoms with E-state index in [2.05, 4.69) is 43.0 Å². The molecule has 0 radical (unpaired) electrons. The van der Waals surface area contributed by atoms with Crippen molar-refractivity contribution < 1.29 is 0 Å². The average Bonchev–Trinajstić information content (AvgIpc) is 2.45. The third-order valence-electron chi connectivity index (χ3n) is 3.62. The van der Waals surface area contributed by atoms with Gasteiger partial charge in [0, 0.05) is 25.7 Å². The van der Waals surface area contributed by atoms with Crippen LogP contribution >= 0.6 is 0 Å². The van der Waals surface area contributed by atoms with Gasteiger partial charge < -0.3 is 10.2 Å². The zero-order valence-electron chi connectivity index (χ0n) is 13.9. The Labute approximate surface area is 128 Å². The molecule has 1 rings (SSSR count). The Balaban J connectivity index is 2.41. The second-order valence-corrected chi connectivity index (χ2v) is 5.73. The minimum atomic E-state index is -0.0246. The lowest BCUT2D eigenvalue weighted by molar-refractivity contribution is 0.496. The van der Waals surface area contributed by atoms with Gasteiger partial charge in [-0.05, 0) is 39.2 Å². The molecule has 0 saturated carbocycles. The molecule has 5 heteroatoms. The molecule has 0 aromatic carbocycles. The van der Waals surface area contributed by atoms with Crippen LogP contribution in [0.2, 0.25) is 0 Å². The zero-order chi connectivity index (χ0) is 15.7. The summed E-state index contributed by atoms with van der Waals surface area (Å²) in [5.41, 5.74) is 0.884. The number of hydrogen-bond donors (Lipinski definition) is 1. The molecular weight excluding hydrogens is 264 g/mol. The Kier molecular flexibility index (Phi) is 8.05. The molecule has 1 heterocycles. The Bertz CT molecular complexity index is 452. The maximum Gasteiger partial charge on any atom is 0.268 e. The SMILES string of the molecule is CCN(CC)c1cnn(CCNCCCC(C)C)c(=O)c1. The van der Waals surface area contributed by atoms with Gasteiger partial charge in [-0.2, -0.15) is 5.10 Å². The fourth-order valence-corrected chi connectivity index (χ4v) is 2.30. The maximum atomic E-state index is 12.0. The van der Waals surface area contributed by atoms with E-state index in [1.807, 2.05) is 0 Å². The van der Waals surface area contributed by atoms with E-state index < -0.39 is 0 Å². The normalized spacial score (nSPS) is 11.1. The predicted octanol–water partition coefficient (Wildman–Crippen LogP) is 2.12. The summed E-state index contributed by atoms with van der Waals surface area (Å²) < 4.78 is 1.53. The molecule has 0 aliphatic carbocycles. The highest BCUT2D eigenvalue weighted by molar-refractivity contribution is 5.42. The zero-order valence-corrected chi connectivity index (χ0v) is 13.9. The maximum absolute atomic E-state index is 12.0. The van der Waals surface area contributed by atoms with Gasteiger partial charge in [-0.25, -0.2) is 4.68 Å². The molecule has 21 heavy (non-hydrogen) atoms. The van der Waals surface area contributed by atoms with Crippen LogP contribution in [-0.2, 0) is 6.54 Å². The van der Waals surface area contributed by atoms with E-state index in [0.717, 1.165) is 37.8 Å². The van der Waals surface area contributed by atoms with E-state index in [0.29, 0.717) is 6.54 Å². The Morgan fingerprint density at radius 2 is 2.00 bits per heavy atom. The van der Waals surface area contributed by atoms with Crippen LogP contribution in [0.1, 0.15) is 40.5 Å². The number of nitrogens with one attached hydrogen (secondary N) is 1. The Morgan fingerprint density at radius 3 is 2.57 bits per heavy atom. The molecule has 0 aliphatic heterocycles. The topological polar surface area (TPSA) is 50.2 Å². The summed E-state index contributed by atoms with van der Waals surface area (Å²) in [6.07, 6.45) is 4.21. The molecule has 0 bridgehead atoms. The molecule has 1 aromatic heterocycles. The van der Waals surface area contributed by atoms with Gasteiger partial charge in [0.1, 0.15) is 0 Å². The molecule has 0 fully saturated rings. The summed E-state index contributed by atoms with van der Waals surface area (Å²) in [4.78, 5) is 14.2. The van der Waals surface area contributed by atoms with Crippen molar-refractivity contribution in [1.82, 2.24) is 15.1 Å². The monoisotopic (exact) mass is 294 g/mol. The van der Waals surface area contributed by atoms with E-state index in [9.17, 15) is 4.79 Å². The number of rotatable bonds is 10. The summed E-state index contributed by atoms with van der Waals surface area (Å²) >= 11 is 0. The van der Waals surface area contributed by atoms with Crippen molar-refractivity contribution in [1.29, 1.82) is 0 Å². The smallest absolute Gasteiger partial charge is 0.268 e. The van der Waals surface area contributed by atoms with Crippen LogP contribution in [0, 0.1) is 5.92 Å². The average molecular weight is 294 g/mol. The Hall–Kier alpha value is -1.36. The van der Waals surface area contributed by atoms with Crippen molar-refractivity contribution in [3.8, 4) is 0 Å². The lowest BCUT2D eigenvalue weighted by Crippen LogP contribution is -2.31. The fourth-order valence-electron chi connectivity index (χ4n) is 2.30. The molecule has 0 atom stereocenters. The van der Waals surface area contributed by atoms with Crippen LogP contribution in [-0.4, -0.2) is 36.0 Å². The largest absolute Gasteiger partial charge is 0.371 e. The highest BCUT2D eigenvalue weighted by Crippen LogP contribution is 2.08. The highest BCUT2D eigenvalue weighted by atomic mass is 16.1. The first-order valence-corrected chi connectivity index (χ1v) is 8.11. The van der Waals surface area contributed by atoms with Crippen LogP contribution in [0.15, 0.2) is 17.1 Å². The van der Waals surface area contributed by atoms with Gasteiger partial charge in [0.2, 0.25) is 0 Å². The van der Waals surface area contributed by atoms with Gasteiger partial charge in [0.25, 0.3) is 5.56 Å². The summed E-state index contributed by atoms with van der Waals surface area (Å²) in [7, 11) is 0. The van der Waals surface area contributed by atoms with Crippen molar-refractivity contribution in [2.24, 2.45) is 5.92 Å². The van der Waals surface area contributed by atoms with E-state index >= 15 is 0 Å². The summed E-state index contributed by atoms with van der Waals surface area (Å²) in [5, 5.41) is 7.63. The van der Waals surface area contributed by atoms with E-state index in [1.165, 1.54) is 17.5 Å². The first-order valence-electron chi connectivity index (χ1n) is 8.11. The molecule has 120 valence electrons. The van der Waals surface area contributed by atoms with Gasteiger partial charge in [0.15, 0.2) is 0 Å². The fraction of sp³-hybridized carbons (Fsp3) is 0.750. The molecule has 0 amide bonds. The standard InChI is InChI=1S/C16H30N4O/c1-5-19(6-2)15-12-16(21)20(18-13-15)11-10-17-9-7-8-14(3)4/h12-14,17H,5-11H2,1-4H3. The second-order valence-electron chi connectivity index (χ2n) is 5.73. The number of aromatic nitrogens is 2. The van der Waals surface area contributed by atoms with Gasteiger partial charge in [0.05, 0.1) is 18.4 Å². The molecule has 0 saturated heterocycles. The number of hydrogen-bond acceptors (Lipinski definition) is 4. The third-order valence-corrected chi connectivity index (χ3v) is 3.62. The summed E-state index contributed by atoms with van der Waals surface area (Å²) in [5.74, 6) is 0.753. The number of anilines is 1. The molecule has 0 aliphatic rings. The quantitative estimate of drug-likeness (QED) is 0.672. The van der Waals surface area contributed by atoms with Crippen molar-refractivity contribution >= 4 is 5.69 Å². The minimum Gasteiger partial charge on any atom is -0.371 e. The first-order chi connectivity index (χ1) is 10.1. The van der Waals surface area contributed by atoms with Crippen LogP contribution < -0.4 is 15.8 Å². The number of nitrogens with zero attached hydrogens (tertiary/aromatic N) is 3. The van der Waals surface area contributed by atoms with Gasteiger partial charge in [-0.15, -0.1) is 0 Å². The molecule has 5 nitrogen and oxygen atoms in total. The lowest BCUT2D eigenvalue weighted by Gasteiger charge is -2.20. The van der Waals surface area contributed by atoms with Crippen molar-refractivity contribution in [3.05, 3.63) is 22.6 Å². The minimum absolute atomic E-state index is 0.0246. The first kappa shape index (κ1) is 17.7. The highest BCUT2D eigenvalue weighted by Gasteiger charge is 2.05. The van der Waals surface area contributed by atoms with Gasteiger partial charge >= 0.3 is 0 Å². The van der Waals surface area contributed by atoms with Crippen molar-refractivity contribution in [2.45, 2.75) is 47.1 Å².